The number of benzene rings is 2. The summed E-state index contributed by atoms with van der Waals surface area (Å²) in [6, 6.07) is 19.0. The summed E-state index contributed by atoms with van der Waals surface area (Å²) in [6.07, 6.45) is 0. The Morgan fingerprint density at radius 1 is 1.04 bits per heavy atom. The molecule has 0 amide bonds. The Kier molecular flexibility index (Phi) is 5.69. The average Bonchev–Trinajstić information content (AvgIpc) is 2.91. The second-order valence-electron chi connectivity index (χ2n) is 7.08. The maximum Gasteiger partial charge on any atom is 0.199 e. The molecule has 0 aliphatic carbocycles. The maximum atomic E-state index is 5.58. The van der Waals surface area contributed by atoms with Crippen LogP contribution in [0.1, 0.15) is 30.9 Å². The highest BCUT2D eigenvalue weighted by Gasteiger charge is 2.11. The summed E-state index contributed by atoms with van der Waals surface area (Å²) < 4.78 is 4.58. The second-order valence-corrected chi connectivity index (χ2v) is 7.45. The highest BCUT2D eigenvalue weighted by molar-refractivity contribution is 7.71. The number of nitrogens with zero attached hydrogens (tertiary/aromatic N) is 4. The Balaban J connectivity index is 1.73. The summed E-state index contributed by atoms with van der Waals surface area (Å²) in [5.74, 6) is 1.45. The normalized spacial score (nSPS) is 11.5. The largest absolute Gasteiger partial charge is 0.303 e. The van der Waals surface area contributed by atoms with E-state index in [1.807, 2.05) is 34.5 Å². The Bertz CT molecular complexity index is 907. The molecule has 0 aliphatic rings. The van der Waals surface area contributed by atoms with E-state index >= 15 is 0 Å². The van der Waals surface area contributed by atoms with E-state index in [0.29, 0.717) is 12.6 Å². The molecule has 0 radical (unpaired) electrons. The Morgan fingerprint density at radius 2 is 1.69 bits per heavy atom. The first-order chi connectivity index (χ1) is 12.5. The van der Waals surface area contributed by atoms with E-state index < -0.39 is 0 Å². The molecular weight excluding hydrogens is 340 g/mol. The molecule has 2 aromatic carbocycles. The zero-order valence-electron chi connectivity index (χ0n) is 15.9. The van der Waals surface area contributed by atoms with Crippen molar-refractivity contribution >= 4 is 12.2 Å². The van der Waals surface area contributed by atoms with Crippen molar-refractivity contribution in [2.24, 2.45) is 7.05 Å². The van der Waals surface area contributed by atoms with Gasteiger partial charge in [-0.3, -0.25) is 4.90 Å². The van der Waals surface area contributed by atoms with E-state index in [9.17, 15) is 0 Å². The van der Waals surface area contributed by atoms with Gasteiger partial charge in [0.25, 0.3) is 0 Å². The summed E-state index contributed by atoms with van der Waals surface area (Å²) in [7, 11) is 4.06. The van der Waals surface area contributed by atoms with Crippen molar-refractivity contribution in [1.82, 2.24) is 19.2 Å². The average molecular weight is 367 g/mol. The third-order valence-corrected chi connectivity index (χ3v) is 5.03. The highest BCUT2D eigenvalue weighted by Crippen LogP contribution is 2.18. The van der Waals surface area contributed by atoms with Gasteiger partial charge in [-0.2, -0.15) is 5.10 Å². The first-order valence-corrected chi connectivity index (χ1v) is 9.33. The second kappa shape index (κ2) is 7.98. The quantitative estimate of drug-likeness (QED) is 0.584. The molecule has 26 heavy (non-hydrogen) atoms. The van der Waals surface area contributed by atoms with Crippen LogP contribution < -0.4 is 0 Å². The fourth-order valence-corrected chi connectivity index (χ4v) is 3.20. The lowest BCUT2D eigenvalue weighted by molar-refractivity contribution is 0.244. The predicted octanol–water partition coefficient (Wildman–Crippen LogP) is 4.83. The fraction of sp³-hybridized carbons (Fsp3) is 0.333. The van der Waals surface area contributed by atoms with E-state index in [1.165, 1.54) is 11.1 Å². The first-order valence-electron chi connectivity index (χ1n) is 8.92. The van der Waals surface area contributed by atoms with Crippen LogP contribution in [0, 0.1) is 4.77 Å². The molecule has 0 spiro atoms. The molecule has 5 heteroatoms. The van der Waals surface area contributed by atoms with Gasteiger partial charge in [0.2, 0.25) is 0 Å². The molecule has 0 saturated carbocycles. The van der Waals surface area contributed by atoms with Crippen LogP contribution in [0.25, 0.3) is 11.4 Å². The minimum atomic E-state index is 0.560. The van der Waals surface area contributed by atoms with Crippen molar-refractivity contribution in [2.75, 3.05) is 7.05 Å². The van der Waals surface area contributed by atoms with E-state index in [0.717, 1.165) is 22.7 Å². The third kappa shape index (κ3) is 4.11. The lowest BCUT2D eigenvalue weighted by atomic mass is 10.0. The molecule has 0 saturated heterocycles. The van der Waals surface area contributed by atoms with Crippen molar-refractivity contribution in [3.05, 3.63) is 70.5 Å². The van der Waals surface area contributed by atoms with Crippen molar-refractivity contribution in [3.8, 4) is 11.4 Å². The molecule has 0 atom stereocenters. The third-order valence-electron chi connectivity index (χ3n) is 4.55. The monoisotopic (exact) mass is 366 g/mol. The summed E-state index contributed by atoms with van der Waals surface area (Å²) in [5, 5.41) is 4.73. The van der Waals surface area contributed by atoms with Crippen molar-refractivity contribution in [2.45, 2.75) is 33.0 Å². The molecule has 0 bridgehead atoms. The first kappa shape index (κ1) is 18.5. The molecule has 0 fully saturated rings. The van der Waals surface area contributed by atoms with Gasteiger partial charge in [0, 0.05) is 19.2 Å². The summed E-state index contributed by atoms with van der Waals surface area (Å²) in [6.45, 7) is 5.95. The van der Waals surface area contributed by atoms with Crippen LogP contribution in [0.4, 0.5) is 0 Å². The molecule has 1 aromatic heterocycles. The molecule has 3 rings (SSSR count). The van der Waals surface area contributed by atoms with E-state index in [4.69, 9.17) is 17.3 Å². The highest BCUT2D eigenvalue weighted by atomic mass is 32.1. The summed E-state index contributed by atoms with van der Waals surface area (Å²) >= 11 is 5.58. The molecular formula is C21H26N4S. The molecule has 1 heterocycles. The Morgan fingerprint density at radius 3 is 2.31 bits per heavy atom. The number of hydrogen-bond donors (Lipinski definition) is 0. The molecule has 0 unspecified atom stereocenters. The smallest absolute Gasteiger partial charge is 0.199 e. The molecule has 0 aliphatic heterocycles. The lowest BCUT2D eigenvalue weighted by Gasteiger charge is -2.17. The maximum absolute atomic E-state index is 5.58. The Labute approximate surface area is 160 Å². The van der Waals surface area contributed by atoms with Gasteiger partial charge in [-0.1, -0.05) is 68.4 Å². The zero-order valence-corrected chi connectivity index (χ0v) is 16.7. The number of rotatable bonds is 6. The van der Waals surface area contributed by atoms with Gasteiger partial charge in [0.1, 0.15) is 0 Å². The lowest BCUT2D eigenvalue weighted by Crippen LogP contribution is -2.22. The van der Waals surface area contributed by atoms with E-state index in [-0.39, 0.29) is 0 Å². The standard InChI is InChI=1S/C21H26N4S/c1-16(2)18-12-10-17(11-13-18)14-23(3)15-25-21(26)24(4)20(22-25)19-8-6-5-7-9-19/h5-13,16H,14-15H2,1-4H3. The van der Waals surface area contributed by atoms with E-state index in [2.05, 4.69) is 62.2 Å². The summed E-state index contributed by atoms with van der Waals surface area (Å²) in [5.41, 5.74) is 3.74. The van der Waals surface area contributed by atoms with Gasteiger partial charge in [0.15, 0.2) is 10.6 Å². The predicted molar refractivity (Wildman–Crippen MR) is 109 cm³/mol. The molecule has 3 aromatic rings. The summed E-state index contributed by atoms with van der Waals surface area (Å²) in [4.78, 5) is 2.22. The molecule has 4 nitrogen and oxygen atoms in total. The minimum Gasteiger partial charge on any atom is -0.303 e. The van der Waals surface area contributed by atoms with Gasteiger partial charge in [-0.05, 0) is 36.3 Å². The minimum absolute atomic E-state index is 0.560. The number of aromatic nitrogens is 3. The topological polar surface area (TPSA) is 26.0 Å². The van der Waals surface area contributed by atoms with Crippen molar-refractivity contribution < 1.29 is 0 Å². The van der Waals surface area contributed by atoms with Gasteiger partial charge >= 0.3 is 0 Å². The van der Waals surface area contributed by atoms with Gasteiger partial charge < -0.3 is 4.57 Å². The fourth-order valence-electron chi connectivity index (χ4n) is 3.02. The molecule has 0 N–H and O–H groups in total. The van der Waals surface area contributed by atoms with Crippen LogP contribution in [-0.4, -0.2) is 26.3 Å². The van der Waals surface area contributed by atoms with Crippen LogP contribution in [-0.2, 0) is 20.3 Å². The van der Waals surface area contributed by atoms with Gasteiger partial charge in [0.05, 0.1) is 6.67 Å². The van der Waals surface area contributed by atoms with Crippen LogP contribution >= 0.6 is 12.2 Å². The van der Waals surface area contributed by atoms with Crippen LogP contribution in [0.2, 0.25) is 0 Å². The van der Waals surface area contributed by atoms with E-state index in [1.54, 1.807) is 0 Å². The zero-order chi connectivity index (χ0) is 18.7. The SMILES string of the molecule is CC(C)c1ccc(CN(C)Cn2nc(-c3ccccc3)n(C)c2=S)cc1. The van der Waals surface area contributed by atoms with Crippen molar-refractivity contribution in [1.29, 1.82) is 0 Å². The van der Waals surface area contributed by atoms with Crippen LogP contribution in [0.5, 0.6) is 0 Å². The van der Waals surface area contributed by atoms with Crippen LogP contribution in [0.3, 0.4) is 0 Å². The van der Waals surface area contributed by atoms with Crippen LogP contribution in [0.15, 0.2) is 54.6 Å². The number of hydrogen-bond acceptors (Lipinski definition) is 3. The van der Waals surface area contributed by atoms with Gasteiger partial charge in [-0.15, -0.1) is 0 Å². The Hall–Kier alpha value is -2.24. The van der Waals surface area contributed by atoms with Gasteiger partial charge in [-0.25, -0.2) is 4.68 Å². The van der Waals surface area contributed by atoms with Crippen molar-refractivity contribution in [3.63, 3.8) is 0 Å². The molecule has 136 valence electrons.